The summed E-state index contributed by atoms with van der Waals surface area (Å²) in [5.74, 6) is 0.518. The van der Waals surface area contributed by atoms with Crippen LogP contribution in [0.15, 0.2) is 72.3 Å². The highest BCUT2D eigenvalue weighted by Crippen LogP contribution is 2.30. The first-order valence-corrected chi connectivity index (χ1v) is 7.24. The van der Waals surface area contributed by atoms with Crippen LogP contribution in [-0.2, 0) is 0 Å². The zero-order valence-corrected chi connectivity index (χ0v) is 12.1. The van der Waals surface area contributed by atoms with Gasteiger partial charge in [0.15, 0.2) is 0 Å². The zero-order chi connectivity index (χ0) is 13.9. The quantitative estimate of drug-likeness (QED) is 0.654. The molecule has 20 heavy (non-hydrogen) atoms. The van der Waals surface area contributed by atoms with Crippen LogP contribution in [0.2, 0.25) is 0 Å². The Balaban J connectivity index is 1.96. The molecule has 0 amide bonds. The second kappa shape index (κ2) is 5.50. The molecule has 3 rings (SSSR count). The van der Waals surface area contributed by atoms with E-state index in [1.807, 2.05) is 0 Å². The molecule has 0 saturated heterocycles. The number of rotatable bonds is 2. The van der Waals surface area contributed by atoms with E-state index in [1.54, 1.807) is 0 Å². The van der Waals surface area contributed by atoms with Crippen molar-refractivity contribution in [2.75, 3.05) is 0 Å². The standard InChI is InChI=1S/C20H20/c1-15-6-3-8-17(12-15)19-10-5-11-20(14-19)18-9-4-7-16(2)13-18/h3-8,10-14,18H,9H2,1-2H3. The van der Waals surface area contributed by atoms with E-state index in [0.29, 0.717) is 5.92 Å². The van der Waals surface area contributed by atoms with Gasteiger partial charge in [0.05, 0.1) is 0 Å². The minimum atomic E-state index is 0.518. The lowest BCUT2D eigenvalue weighted by atomic mass is 9.88. The normalized spacial score (nSPS) is 17.9. The van der Waals surface area contributed by atoms with Crippen molar-refractivity contribution in [2.45, 2.75) is 26.2 Å². The topological polar surface area (TPSA) is 0 Å². The number of benzene rings is 2. The first kappa shape index (κ1) is 12.9. The Hall–Kier alpha value is -2.08. The van der Waals surface area contributed by atoms with Gasteiger partial charge in [-0.15, -0.1) is 0 Å². The van der Waals surface area contributed by atoms with Crippen molar-refractivity contribution in [2.24, 2.45) is 0 Å². The predicted octanol–water partition coefficient (Wildman–Crippen LogP) is 5.65. The molecule has 0 saturated carbocycles. The summed E-state index contributed by atoms with van der Waals surface area (Å²) in [6.45, 7) is 4.32. The summed E-state index contributed by atoms with van der Waals surface area (Å²) in [5, 5.41) is 0. The highest BCUT2D eigenvalue weighted by molar-refractivity contribution is 5.65. The summed E-state index contributed by atoms with van der Waals surface area (Å²) in [7, 11) is 0. The fraction of sp³-hybridized carbons (Fsp3) is 0.200. The van der Waals surface area contributed by atoms with Crippen LogP contribution in [0.1, 0.15) is 30.4 Å². The lowest BCUT2D eigenvalue weighted by molar-refractivity contribution is 0.844. The predicted molar refractivity (Wildman–Crippen MR) is 86.9 cm³/mol. The van der Waals surface area contributed by atoms with Gasteiger partial charge in [0, 0.05) is 5.92 Å². The van der Waals surface area contributed by atoms with E-state index >= 15 is 0 Å². The van der Waals surface area contributed by atoms with E-state index in [9.17, 15) is 0 Å². The molecule has 0 bridgehead atoms. The molecule has 2 aromatic carbocycles. The van der Waals surface area contributed by atoms with Crippen LogP contribution in [0.4, 0.5) is 0 Å². The highest BCUT2D eigenvalue weighted by Gasteiger charge is 2.11. The third-order valence-electron chi connectivity index (χ3n) is 3.90. The van der Waals surface area contributed by atoms with Crippen molar-refractivity contribution in [3.63, 3.8) is 0 Å². The number of hydrogen-bond acceptors (Lipinski definition) is 0. The Labute approximate surface area is 121 Å². The van der Waals surface area contributed by atoms with Gasteiger partial charge >= 0.3 is 0 Å². The SMILES string of the molecule is CC1=CC(c2cccc(-c3cccc(C)c3)c2)CC=C1. The second-order valence-electron chi connectivity index (χ2n) is 5.65. The molecule has 1 aliphatic carbocycles. The maximum Gasteiger partial charge on any atom is 0.00585 e. The van der Waals surface area contributed by atoms with Crippen LogP contribution in [-0.4, -0.2) is 0 Å². The highest BCUT2D eigenvalue weighted by atomic mass is 14.2. The number of aryl methyl sites for hydroxylation is 1. The molecule has 0 spiro atoms. The Kier molecular flexibility index (Phi) is 3.56. The molecule has 0 radical (unpaired) electrons. The molecule has 1 aliphatic rings. The van der Waals surface area contributed by atoms with Crippen molar-refractivity contribution in [3.05, 3.63) is 83.5 Å². The first-order valence-electron chi connectivity index (χ1n) is 7.24. The van der Waals surface area contributed by atoms with E-state index in [4.69, 9.17) is 0 Å². The maximum absolute atomic E-state index is 2.37. The van der Waals surface area contributed by atoms with Gasteiger partial charge in [-0.05, 0) is 37.0 Å². The summed E-state index contributed by atoms with van der Waals surface area (Å²) in [5.41, 5.74) is 6.70. The van der Waals surface area contributed by atoms with Gasteiger partial charge in [-0.1, -0.05) is 77.9 Å². The summed E-state index contributed by atoms with van der Waals surface area (Å²) >= 11 is 0. The zero-order valence-electron chi connectivity index (χ0n) is 12.1. The van der Waals surface area contributed by atoms with Crippen molar-refractivity contribution in [3.8, 4) is 11.1 Å². The third-order valence-corrected chi connectivity index (χ3v) is 3.90. The molecule has 0 N–H and O–H groups in total. The molecule has 1 atom stereocenters. The van der Waals surface area contributed by atoms with Crippen LogP contribution < -0.4 is 0 Å². The lowest BCUT2D eigenvalue weighted by Gasteiger charge is -2.16. The van der Waals surface area contributed by atoms with Crippen molar-refractivity contribution in [1.82, 2.24) is 0 Å². The van der Waals surface area contributed by atoms with Gasteiger partial charge in [-0.25, -0.2) is 0 Å². The molecule has 0 aromatic heterocycles. The summed E-state index contributed by atoms with van der Waals surface area (Å²) < 4.78 is 0. The van der Waals surface area contributed by atoms with Gasteiger partial charge in [0.1, 0.15) is 0 Å². The fourth-order valence-corrected chi connectivity index (χ4v) is 2.85. The third kappa shape index (κ3) is 2.75. The minimum Gasteiger partial charge on any atom is -0.0834 e. The van der Waals surface area contributed by atoms with E-state index in [-0.39, 0.29) is 0 Å². The fourth-order valence-electron chi connectivity index (χ4n) is 2.85. The Morgan fingerprint density at radius 1 is 0.900 bits per heavy atom. The molecule has 0 aliphatic heterocycles. The van der Waals surface area contributed by atoms with Gasteiger partial charge in [0.2, 0.25) is 0 Å². The molecular formula is C20H20. The van der Waals surface area contributed by atoms with Crippen LogP contribution in [0, 0.1) is 6.92 Å². The molecule has 2 aromatic rings. The molecule has 0 fully saturated rings. The molecule has 0 heteroatoms. The monoisotopic (exact) mass is 260 g/mol. The smallest absolute Gasteiger partial charge is 0.00585 e. The lowest BCUT2D eigenvalue weighted by Crippen LogP contribution is -1.98. The average molecular weight is 260 g/mol. The molecule has 100 valence electrons. The summed E-state index contributed by atoms with van der Waals surface area (Å²) in [6.07, 6.45) is 7.96. The molecule has 0 heterocycles. The summed E-state index contributed by atoms with van der Waals surface area (Å²) in [4.78, 5) is 0. The van der Waals surface area contributed by atoms with E-state index in [1.165, 1.54) is 27.8 Å². The van der Waals surface area contributed by atoms with Crippen LogP contribution in [0.5, 0.6) is 0 Å². The molecular weight excluding hydrogens is 240 g/mol. The number of allylic oxidation sites excluding steroid dienone is 4. The Morgan fingerprint density at radius 2 is 1.65 bits per heavy atom. The van der Waals surface area contributed by atoms with E-state index in [2.05, 4.69) is 80.6 Å². The van der Waals surface area contributed by atoms with Gasteiger partial charge in [0.25, 0.3) is 0 Å². The maximum atomic E-state index is 2.37. The largest absolute Gasteiger partial charge is 0.0834 e. The van der Waals surface area contributed by atoms with Crippen molar-refractivity contribution < 1.29 is 0 Å². The van der Waals surface area contributed by atoms with Crippen LogP contribution >= 0.6 is 0 Å². The van der Waals surface area contributed by atoms with Crippen LogP contribution in [0.25, 0.3) is 11.1 Å². The first-order chi connectivity index (χ1) is 9.72. The Bertz CT molecular complexity index is 674. The van der Waals surface area contributed by atoms with Gasteiger partial charge < -0.3 is 0 Å². The molecule has 0 nitrogen and oxygen atoms in total. The van der Waals surface area contributed by atoms with Crippen molar-refractivity contribution >= 4 is 0 Å². The van der Waals surface area contributed by atoms with E-state index in [0.717, 1.165) is 6.42 Å². The van der Waals surface area contributed by atoms with Gasteiger partial charge in [-0.3, -0.25) is 0 Å². The average Bonchev–Trinajstić information content (AvgIpc) is 2.47. The summed E-state index contributed by atoms with van der Waals surface area (Å²) in [6, 6.07) is 17.7. The van der Waals surface area contributed by atoms with Gasteiger partial charge in [-0.2, -0.15) is 0 Å². The minimum absolute atomic E-state index is 0.518. The van der Waals surface area contributed by atoms with E-state index < -0.39 is 0 Å². The molecule has 1 unspecified atom stereocenters. The Morgan fingerprint density at radius 3 is 2.40 bits per heavy atom. The van der Waals surface area contributed by atoms with Crippen LogP contribution in [0.3, 0.4) is 0 Å². The second-order valence-corrected chi connectivity index (χ2v) is 5.65. The van der Waals surface area contributed by atoms with Crippen molar-refractivity contribution in [1.29, 1.82) is 0 Å². The number of hydrogen-bond donors (Lipinski definition) is 0.